The normalized spacial score (nSPS) is 24.2. The zero-order valence-electron chi connectivity index (χ0n) is 20.1. The lowest BCUT2D eigenvalue weighted by molar-refractivity contribution is -0.0441. The Kier molecular flexibility index (Phi) is 6.63. The fourth-order valence-electron chi connectivity index (χ4n) is 5.39. The van der Waals surface area contributed by atoms with Crippen molar-refractivity contribution in [1.82, 2.24) is 4.49 Å². The summed E-state index contributed by atoms with van der Waals surface area (Å²) >= 11 is 0. The molecule has 2 aliphatic rings. The molecule has 37 heavy (non-hydrogen) atoms. The van der Waals surface area contributed by atoms with Crippen LogP contribution in [0.25, 0.3) is 11.1 Å². The summed E-state index contributed by atoms with van der Waals surface area (Å²) in [7, 11) is -10.5. The third kappa shape index (κ3) is 4.67. The highest BCUT2D eigenvalue weighted by Gasteiger charge is 2.60. The zero-order chi connectivity index (χ0) is 26.4. The molecule has 2 fully saturated rings. The van der Waals surface area contributed by atoms with Crippen LogP contribution in [0, 0.1) is 6.92 Å². The Labute approximate surface area is 214 Å². The van der Waals surface area contributed by atoms with Crippen molar-refractivity contribution in [1.29, 1.82) is 0 Å². The second-order valence-electron chi connectivity index (χ2n) is 9.45. The molecule has 0 aromatic heterocycles. The van der Waals surface area contributed by atoms with E-state index in [1.165, 1.54) is 9.34 Å². The van der Waals surface area contributed by atoms with Crippen LogP contribution in [-0.4, -0.2) is 26.0 Å². The largest absolute Gasteiger partial charge is 0.511 e. The molecule has 1 unspecified atom stereocenters. The maximum atomic E-state index is 14.9. The van der Waals surface area contributed by atoms with Crippen molar-refractivity contribution >= 4 is 29.0 Å². The third-order valence-corrected chi connectivity index (χ3v) is 11.7. The first kappa shape index (κ1) is 25.8. The van der Waals surface area contributed by atoms with Crippen molar-refractivity contribution < 1.29 is 26.2 Å². The standard InChI is InChI=1S/C26H27F3N3O3PS/c1-19-9-7-13-22(17-19)31-24-15-5-6-16-25(24)32(36(31,33)30-37(34,35)26(27,28)29)23-14-8-12-21(18-23)20-10-3-2-4-11-20/h2-4,7-14,17-18,24-25H,5-6,15-16H2,1H3,(H,30,33)/t24-,25-,36?/m1/s1. The summed E-state index contributed by atoms with van der Waals surface area (Å²) < 4.78 is 85.2. The summed E-state index contributed by atoms with van der Waals surface area (Å²) in [6.07, 6.45) is 2.74. The maximum absolute atomic E-state index is 14.9. The van der Waals surface area contributed by atoms with Gasteiger partial charge in [0.2, 0.25) is 0 Å². The molecule has 0 spiro atoms. The zero-order valence-corrected chi connectivity index (χ0v) is 21.8. The van der Waals surface area contributed by atoms with Crippen LogP contribution in [0.3, 0.4) is 0 Å². The molecule has 1 heterocycles. The molecule has 1 saturated heterocycles. The average Bonchev–Trinajstić information content (AvgIpc) is 3.11. The van der Waals surface area contributed by atoms with Gasteiger partial charge in [-0.05, 0) is 60.7 Å². The van der Waals surface area contributed by atoms with E-state index in [1.54, 1.807) is 40.9 Å². The molecule has 3 aromatic rings. The van der Waals surface area contributed by atoms with Crippen molar-refractivity contribution in [2.75, 3.05) is 9.34 Å². The van der Waals surface area contributed by atoms with Crippen LogP contribution < -0.4 is 13.8 Å². The summed E-state index contributed by atoms with van der Waals surface area (Å²) in [6.45, 7) is 1.82. The highest BCUT2D eigenvalue weighted by atomic mass is 32.2. The minimum absolute atomic E-state index is 0.404. The maximum Gasteiger partial charge on any atom is 0.511 e. The SMILES string of the molecule is Cc1cccc(N2[C@@H]3CCCC[C@H]3N(c3cccc(-c4ccccc4)c3)P2(=O)NS(=O)(=O)C(F)(F)F)c1. The number of halogens is 3. The Morgan fingerprint density at radius 2 is 1.35 bits per heavy atom. The fraction of sp³-hybridized carbons (Fsp3) is 0.308. The highest BCUT2D eigenvalue weighted by molar-refractivity contribution is 7.97. The van der Waals surface area contributed by atoms with E-state index in [4.69, 9.17) is 0 Å². The number of aryl methyl sites for hydroxylation is 1. The molecule has 0 amide bonds. The second-order valence-corrected chi connectivity index (χ2v) is 13.6. The lowest BCUT2D eigenvalue weighted by atomic mass is 9.89. The van der Waals surface area contributed by atoms with E-state index in [0.717, 1.165) is 29.5 Å². The number of sulfonamides is 1. The van der Waals surface area contributed by atoms with Gasteiger partial charge in [-0.2, -0.15) is 13.2 Å². The Morgan fingerprint density at radius 3 is 1.92 bits per heavy atom. The summed E-state index contributed by atoms with van der Waals surface area (Å²) in [5.74, 6) is 0. The average molecular weight is 550 g/mol. The van der Waals surface area contributed by atoms with Gasteiger partial charge in [0.25, 0.3) is 0 Å². The van der Waals surface area contributed by atoms with Gasteiger partial charge in [0.15, 0.2) is 0 Å². The molecule has 1 N–H and O–H groups in total. The van der Waals surface area contributed by atoms with E-state index < -0.39 is 35.2 Å². The first-order valence-electron chi connectivity index (χ1n) is 12.0. The second kappa shape index (κ2) is 9.49. The lowest BCUT2D eigenvalue weighted by Gasteiger charge is -2.34. The van der Waals surface area contributed by atoms with Gasteiger partial charge >= 0.3 is 23.1 Å². The molecule has 1 saturated carbocycles. The van der Waals surface area contributed by atoms with Crippen LogP contribution in [0.1, 0.15) is 31.2 Å². The number of rotatable bonds is 5. The van der Waals surface area contributed by atoms with E-state index in [9.17, 15) is 26.2 Å². The molecule has 5 rings (SSSR count). The first-order valence-corrected chi connectivity index (χ1v) is 15.1. The monoisotopic (exact) mass is 549 g/mol. The van der Waals surface area contributed by atoms with Gasteiger partial charge in [0.1, 0.15) is 0 Å². The van der Waals surface area contributed by atoms with Crippen LogP contribution in [-0.2, 0) is 14.6 Å². The van der Waals surface area contributed by atoms with E-state index in [0.29, 0.717) is 24.2 Å². The van der Waals surface area contributed by atoms with Gasteiger partial charge in [0, 0.05) is 11.4 Å². The van der Waals surface area contributed by atoms with Crippen LogP contribution in [0.5, 0.6) is 0 Å². The summed E-state index contributed by atoms with van der Waals surface area (Å²) in [5, 5.41) is 0. The van der Waals surface area contributed by atoms with Gasteiger partial charge in [-0.15, -0.1) is 4.49 Å². The predicted octanol–water partition coefficient (Wildman–Crippen LogP) is 6.85. The topological polar surface area (TPSA) is 69.7 Å². The van der Waals surface area contributed by atoms with E-state index >= 15 is 0 Å². The van der Waals surface area contributed by atoms with Gasteiger partial charge in [-0.25, -0.2) is 8.42 Å². The summed E-state index contributed by atoms with van der Waals surface area (Å²) in [5.41, 5.74) is -2.31. The minimum Gasteiger partial charge on any atom is -0.289 e. The van der Waals surface area contributed by atoms with E-state index in [-0.39, 0.29) is 0 Å². The van der Waals surface area contributed by atoms with Gasteiger partial charge in [0.05, 0.1) is 12.1 Å². The Bertz CT molecular complexity index is 1450. The van der Waals surface area contributed by atoms with Crippen LogP contribution in [0.4, 0.5) is 24.5 Å². The molecule has 0 radical (unpaired) electrons. The summed E-state index contributed by atoms with van der Waals surface area (Å²) in [6, 6.07) is 22.5. The third-order valence-electron chi connectivity index (χ3n) is 6.93. The molecule has 0 bridgehead atoms. The fourth-order valence-corrected chi connectivity index (χ4v) is 10.2. The van der Waals surface area contributed by atoms with Crippen molar-refractivity contribution in [3.8, 4) is 11.1 Å². The quantitative estimate of drug-likeness (QED) is 0.353. The number of alkyl halides is 3. The number of nitrogens with one attached hydrogen (secondary N) is 1. The Hall–Kier alpha value is -2.81. The van der Waals surface area contributed by atoms with Gasteiger partial charge in [-0.3, -0.25) is 13.9 Å². The minimum atomic E-state index is -5.93. The number of nitrogens with zero attached hydrogens (tertiary/aromatic N) is 2. The highest BCUT2D eigenvalue weighted by Crippen LogP contribution is 2.64. The van der Waals surface area contributed by atoms with Crippen molar-refractivity contribution in [3.05, 3.63) is 84.4 Å². The molecular formula is C26H27F3N3O3PS. The van der Waals surface area contributed by atoms with E-state index in [2.05, 4.69) is 0 Å². The van der Waals surface area contributed by atoms with E-state index in [1.807, 2.05) is 49.4 Å². The Balaban J connectivity index is 1.71. The number of fused-ring (bicyclic) bond motifs is 1. The van der Waals surface area contributed by atoms with Crippen molar-refractivity contribution in [2.24, 2.45) is 0 Å². The molecule has 11 heteroatoms. The molecule has 196 valence electrons. The van der Waals surface area contributed by atoms with Crippen LogP contribution in [0.2, 0.25) is 0 Å². The molecule has 1 aliphatic carbocycles. The molecule has 6 nitrogen and oxygen atoms in total. The summed E-state index contributed by atoms with van der Waals surface area (Å²) in [4.78, 5) is 0. The lowest BCUT2D eigenvalue weighted by Crippen LogP contribution is -2.41. The van der Waals surface area contributed by atoms with Crippen LogP contribution >= 0.6 is 7.59 Å². The Morgan fingerprint density at radius 1 is 0.811 bits per heavy atom. The first-order chi connectivity index (χ1) is 17.5. The van der Waals surface area contributed by atoms with Crippen molar-refractivity contribution in [2.45, 2.75) is 50.2 Å². The van der Waals surface area contributed by atoms with Crippen molar-refractivity contribution in [3.63, 3.8) is 0 Å². The molecular weight excluding hydrogens is 522 g/mol. The van der Waals surface area contributed by atoms with Gasteiger partial charge < -0.3 is 0 Å². The number of hydrogen-bond acceptors (Lipinski definition) is 3. The molecule has 3 atom stereocenters. The number of benzene rings is 3. The van der Waals surface area contributed by atoms with Gasteiger partial charge in [-0.1, -0.05) is 67.4 Å². The number of anilines is 2. The molecule has 3 aromatic carbocycles. The molecule has 1 aliphatic heterocycles. The van der Waals surface area contributed by atoms with Crippen LogP contribution in [0.15, 0.2) is 78.9 Å². The number of hydrogen-bond donors (Lipinski definition) is 1. The smallest absolute Gasteiger partial charge is 0.289 e. The predicted molar refractivity (Wildman–Crippen MR) is 140 cm³/mol.